The molecule has 0 bridgehead atoms. The molecule has 0 heterocycles. The van der Waals surface area contributed by atoms with Gasteiger partial charge in [0.25, 0.3) is 0 Å². The first-order valence-corrected chi connectivity index (χ1v) is 13.5. The SMILES string of the molecule is CCC/C=C/CCCCCCCCCC[N+](CCCC(=O)O)(CCCC(=O)O)CCCC(=O)O. The molecular formula is C27H50NO6+. The van der Waals surface area contributed by atoms with Gasteiger partial charge in [0.15, 0.2) is 0 Å². The largest absolute Gasteiger partial charge is 0.481 e. The Hall–Kier alpha value is -1.89. The number of hydrogen-bond acceptors (Lipinski definition) is 3. The molecule has 0 aliphatic rings. The second kappa shape index (κ2) is 21.6. The number of unbranched alkanes of at least 4 members (excludes halogenated alkanes) is 9. The van der Waals surface area contributed by atoms with Crippen LogP contribution in [0.3, 0.4) is 0 Å². The van der Waals surface area contributed by atoms with Crippen LogP contribution in [0.15, 0.2) is 12.2 Å². The average molecular weight is 485 g/mol. The molecule has 0 saturated carbocycles. The summed E-state index contributed by atoms with van der Waals surface area (Å²) in [5.41, 5.74) is 0. The molecule has 0 amide bonds. The van der Waals surface area contributed by atoms with Crippen LogP contribution in [0.25, 0.3) is 0 Å². The van der Waals surface area contributed by atoms with Crippen molar-refractivity contribution in [1.29, 1.82) is 0 Å². The van der Waals surface area contributed by atoms with E-state index in [2.05, 4.69) is 19.1 Å². The molecule has 198 valence electrons. The second-order valence-corrected chi connectivity index (χ2v) is 9.61. The summed E-state index contributed by atoms with van der Waals surface area (Å²) in [5.74, 6) is -2.48. The topological polar surface area (TPSA) is 112 Å². The number of quaternary nitrogens is 1. The van der Waals surface area contributed by atoms with Crippen LogP contribution in [-0.4, -0.2) is 63.9 Å². The molecule has 3 N–H and O–H groups in total. The van der Waals surface area contributed by atoms with E-state index < -0.39 is 17.9 Å². The van der Waals surface area contributed by atoms with Gasteiger partial charge < -0.3 is 19.8 Å². The van der Waals surface area contributed by atoms with E-state index in [1.165, 1.54) is 57.8 Å². The zero-order chi connectivity index (χ0) is 25.5. The molecule has 7 heteroatoms. The van der Waals surface area contributed by atoms with E-state index in [-0.39, 0.29) is 19.3 Å². The quantitative estimate of drug-likeness (QED) is 0.0800. The Kier molecular flexibility index (Phi) is 20.4. The lowest BCUT2D eigenvalue weighted by Gasteiger charge is -2.39. The summed E-state index contributed by atoms with van der Waals surface area (Å²) in [7, 11) is 0. The van der Waals surface area contributed by atoms with E-state index in [4.69, 9.17) is 15.3 Å². The average Bonchev–Trinajstić information content (AvgIpc) is 2.76. The summed E-state index contributed by atoms with van der Waals surface area (Å²) >= 11 is 0. The number of rotatable bonds is 25. The maximum absolute atomic E-state index is 11.0. The van der Waals surface area contributed by atoms with Crippen molar-refractivity contribution in [3.8, 4) is 0 Å². The Labute approximate surface area is 206 Å². The van der Waals surface area contributed by atoms with Gasteiger partial charge in [-0.05, 0) is 32.1 Å². The molecule has 0 saturated heterocycles. The van der Waals surface area contributed by atoms with Crippen molar-refractivity contribution in [3.05, 3.63) is 12.2 Å². The monoisotopic (exact) mass is 484 g/mol. The van der Waals surface area contributed by atoms with Crippen molar-refractivity contribution in [2.75, 3.05) is 26.2 Å². The van der Waals surface area contributed by atoms with Gasteiger partial charge in [-0.2, -0.15) is 0 Å². The van der Waals surface area contributed by atoms with Crippen LogP contribution in [-0.2, 0) is 14.4 Å². The minimum Gasteiger partial charge on any atom is -0.481 e. The minimum atomic E-state index is -0.828. The van der Waals surface area contributed by atoms with E-state index in [1.54, 1.807) is 0 Å². The lowest BCUT2D eigenvalue weighted by atomic mass is 10.1. The highest BCUT2D eigenvalue weighted by Crippen LogP contribution is 2.18. The Bertz CT molecular complexity index is 525. The maximum Gasteiger partial charge on any atom is 0.303 e. The Balaban J connectivity index is 4.45. The van der Waals surface area contributed by atoms with Crippen molar-refractivity contribution in [3.63, 3.8) is 0 Å². The van der Waals surface area contributed by atoms with Gasteiger partial charge in [-0.15, -0.1) is 0 Å². The van der Waals surface area contributed by atoms with Gasteiger partial charge in [0.05, 0.1) is 45.4 Å². The van der Waals surface area contributed by atoms with Gasteiger partial charge in [-0.1, -0.05) is 57.6 Å². The van der Waals surface area contributed by atoms with Crippen molar-refractivity contribution in [2.24, 2.45) is 0 Å². The van der Waals surface area contributed by atoms with E-state index in [0.717, 1.165) is 19.4 Å². The number of carbonyl (C=O) groups is 3. The lowest BCUT2D eigenvalue weighted by Crippen LogP contribution is -2.51. The number of hydrogen-bond donors (Lipinski definition) is 3. The van der Waals surface area contributed by atoms with Crippen molar-refractivity contribution in [2.45, 2.75) is 116 Å². The highest BCUT2D eigenvalue weighted by atomic mass is 16.4. The van der Waals surface area contributed by atoms with Gasteiger partial charge in [-0.25, -0.2) is 0 Å². The molecule has 0 aliphatic carbocycles. The normalized spacial score (nSPS) is 11.8. The lowest BCUT2D eigenvalue weighted by molar-refractivity contribution is -0.929. The third-order valence-corrected chi connectivity index (χ3v) is 6.44. The van der Waals surface area contributed by atoms with Gasteiger partial charge in [0, 0.05) is 19.3 Å². The molecule has 0 unspecified atom stereocenters. The fourth-order valence-corrected chi connectivity index (χ4v) is 4.54. The standard InChI is InChI=1S/C27H49NO6/c1-2-3-4-5-6-7-8-9-10-11-12-13-14-21-28(22-15-18-25(29)30,23-16-19-26(31)32)24-17-20-27(33)34/h4-5H,2-3,6-24H2,1H3,(H2-,29,30,31,32,33,34)/p+1/b5-4+. The predicted octanol–water partition coefficient (Wildman–Crippen LogP) is 6.26. The fourth-order valence-electron chi connectivity index (χ4n) is 4.54. The number of carboxylic acids is 3. The summed E-state index contributed by atoms with van der Waals surface area (Å²) in [6.07, 6.45) is 19.6. The predicted molar refractivity (Wildman–Crippen MR) is 136 cm³/mol. The first-order chi connectivity index (χ1) is 16.3. The van der Waals surface area contributed by atoms with E-state index >= 15 is 0 Å². The molecule has 0 atom stereocenters. The van der Waals surface area contributed by atoms with Gasteiger partial charge in [0.1, 0.15) is 0 Å². The van der Waals surface area contributed by atoms with Gasteiger partial charge >= 0.3 is 17.9 Å². The number of carboxylic acid groups (broad SMARTS) is 3. The van der Waals surface area contributed by atoms with Crippen LogP contribution in [0.2, 0.25) is 0 Å². The zero-order valence-corrected chi connectivity index (χ0v) is 21.5. The van der Waals surface area contributed by atoms with Crippen molar-refractivity contribution >= 4 is 17.9 Å². The zero-order valence-electron chi connectivity index (χ0n) is 21.5. The Morgan fingerprint density at radius 2 is 0.882 bits per heavy atom. The van der Waals surface area contributed by atoms with Crippen LogP contribution in [0, 0.1) is 0 Å². The summed E-state index contributed by atoms with van der Waals surface area (Å²) in [5, 5.41) is 27.1. The number of nitrogens with zero attached hydrogens (tertiary/aromatic N) is 1. The molecule has 34 heavy (non-hydrogen) atoms. The van der Waals surface area contributed by atoms with Crippen LogP contribution < -0.4 is 0 Å². The Morgan fingerprint density at radius 3 is 1.29 bits per heavy atom. The number of allylic oxidation sites excluding steroid dienone is 2. The van der Waals surface area contributed by atoms with Crippen LogP contribution >= 0.6 is 0 Å². The van der Waals surface area contributed by atoms with Gasteiger partial charge in [-0.3, -0.25) is 14.4 Å². The molecule has 0 rings (SSSR count). The smallest absolute Gasteiger partial charge is 0.303 e. The van der Waals surface area contributed by atoms with Crippen LogP contribution in [0.1, 0.15) is 116 Å². The molecular weight excluding hydrogens is 434 g/mol. The van der Waals surface area contributed by atoms with Gasteiger partial charge in [0.2, 0.25) is 0 Å². The molecule has 0 fully saturated rings. The summed E-state index contributed by atoms with van der Waals surface area (Å²) < 4.78 is 0.638. The number of aliphatic carboxylic acids is 3. The second-order valence-electron chi connectivity index (χ2n) is 9.61. The van der Waals surface area contributed by atoms with Crippen molar-refractivity contribution < 1.29 is 34.2 Å². The molecule has 0 aromatic carbocycles. The van der Waals surface area contributed by atoms with Crippen LogP contribution in [0.4, 0.5) is 0 Å². The molecule has 7 nitrogen and oxygen atoms in total. The molecule has 0 radical (unpaired) electrons. The third-order valence-electron chi connectivity index (χ3n) is 6.44. The fraction of sp³-hybridized carbons (Fsp3) is 0.815. The summed E-state index contributed by atoms with van der Waals surface area (Å²) in [4.78, 5) is 33.0. The van der Waals surface area contributed by atoms with E-state index in [0.29, 0.717) is 43.4 Å². The summed E-state index contributed by atoms with van der Waals surface area (Å²) in [6.45, 7) is 5.05. The molecule has 0 aromatic rings. The molecule has 0 spiro atoms. The first kappa shape index (κ1) is 32.1. The summed E-state index contributed by atoms with van der Waals surface area (Å²) in [6, 6.07) is 0. The highest BCUT2D eigenvalue weighted by Gasteiger charge is 2.27. The van der Waals surface area contributed by atoms with E-state index in [9.17, 15) is 14.4 Å². The highest BCUT2D eigenvalue weighted by molar-refractivity contribution is 5.67. The first-order valence-electron chi connectivity index (χ1n) is 13.5. The molecule has 0 aliphatic heterocycles. The van der Waals surface area contributed by atoms with Crippen molar-refractivity contribution in [1.82, 2.24) is 0 Å². The molecule has 0 aromatic heterocycles. The van der Waals surface area contributed by atoms with Crippen LogP contribution in [0.5, 0.6) is 0 Å². The Morgan fingerprint density at radius 1 is 0.529 bits per heavy atom. The van der Waals surface area contributed by atoms with E-state index in [1.807, 2.05) is 0 Å². The third kappa shape index (κ3) is 20.7. The minimum absolute atomic E-state index is 0.0895. The maximum atomic E-state index is 11.0.